The van der Waals surface area contributed by atoms with Crippen LogP contribution in [0.4, 0.5) is 0 Å². The third-order valence-electron chi connectivity index (χ3n) is 4.61. The number of rotatable bonds is 6. The number of nitrogens with one attached hydrogen (secondary N) is 1. The molecule has 1 aliphatic heterocycles. The maximum atomic E-state index is 13.0. The molecule has 2 rings (SSSR count). The first-order chi connectivity index (χ1) is 10.6. The fourth-order valence-corrected chi connectivity index (χ4v) is 3.21. The summed E-state index contributed by atoms with van der Waals surface area (Å²) in [5.41, 5.74) is 7.38. The van der Waals surface area contributed by atoms with Crippen LogP contribution < -0.4 is 11.1 Å². The number of piperidine rings is 1. The number of carbonyl (C=O) groups is 1. The Morgan fingerprint density at radius 1 is 1.32 bits per heavy atom. The standard InChI is InChI=1S/C18H29N3O/c1-3-13-21(16-9-11-20-12-10-16)18(22)14(2)17(19)15-7-5-4-6-8-15/h4-8,14,16-17,20H,3,9-13,19H2,1-2H3. The van der Waals surface area contributed by atoms with Crippen molar-refractivity contribution in [3.8, 4) is 0 Å². The van der Waals surface area contributed by atoms with E-state index in [9.17, 15) is 4.79 Å². The zero-order valence-electron chi connectivity index (χ0n) is 13.8. The molecule has 0 aliphatic carbocycles. The predicted octanol–water partition coefficient (Wildman–Crippen LogP) is 2.31. The van der Waals surface area contributed by atoms with Gasteiger partial charge in [0.2, 0.25) is 5.91 Å². The van der Waals surface area contributed by atoms with Crippen molar-refractivity contribution in [3.05, 3.63) is 35.9 Å². The molecular weight excluding hydrogens is 274 g/mol. The minimum atomic E-state index is -0.241. The number of hydrogen-bond donors (Lipinski definition) is 2. The Bertz CT molecular complexity index is 457. The fourth-order valence-electron chi connectivity index (χ4n) is 3.21. The lowest BCUT2D eigenvalue weighted by atomic mass is 9.92. The number of carbonyl (C=O) groups excluding carboxylic acids is 1. The predicted molar refractivity (Wildman–Crippen MR) is 90.4 cm³/mol. The summed E-state index contributed by atoms with van der Waals surface area (Å²) in [6.45, 7) is 6.91. The summed E-state index contributed by atoms with van der Waals surface area (Å²) in [6, 6.07) is 10.0. The van der Waals surface area contributed by atoms with Gasteiger partial charge in [0.05, 0.1) is 5.92 Å². The minimum Gasteiger partial charge on any atom is -0.339 e. The van der Waals surface area contributed by atoms with Crippen molar-refractivity contribution in [2.24, 2.45) is 11.7 Å². The van der Waals surface area contributed by atoms with Crippen LogP contribution in [0.5, 0.6) is 0 Å². The van der Waals surface area contributed by atoms with Crippen molar-refractivity contribution in [1.82, 2.24) is 10.2 Å². The summed E-state index contributed by atoms with van der Waals surface area (Å²) < 4.78 is 0. The lowest BCUT2D eigenvalue weighted by molar-refractivity contribution is -0.138. The van der Waals surface area contributed by atoms with E-state index in [1.54, 1.807) is 0 Å². The summed E-state index contributed by atoms with van der Waals surface area (Å²) in [6.07, 6.45) is 3.07. The molecule has 22 heavy (non-hydrogen) atoms. The maximum Gasteiger partial charge on any atom is 0.227 e. The Balaban J connectivity index is 2.08. The zero-order chi connectivity index (χ0) is 15.9. The van der Waals surface area contributed by atoms with Gasteiger partial charge in [0.25, 0.3) is 0 Å². The molecule has 1 aromatic carbocycles. The van der Waals surface area contributed by atoms with Crippen LogP contribution >= 0.6 is 0 Å². The van der Waals surface area contributed by atoms with Crippen LogP contribution in [0, 0.1) is 5.92 Å². The highest BCUT2D eigenvalue weighted by Crippen LogP contribution is 2.24. The van der Waals surface area contributed by atoms with E-state index >= 15 is 0 Å². The summed E-state index contributed by atoms with van der Waals surface area (Å²) in [4.78, 5) is 15.1. The summed E-state index contributed by atoms with van der Waals surface area (Å²) in [5.74, 6) is 0.00828. The van der Waals surface area contributed by atoms with Gasteiger partial charge in [-0.1, -0.05) is 44.2 Å². The molecule has 0 bridgehead atoms. The van der Waals surface area contributed by atoms with Crippen molar-refractivity contribution < 1.29 is 4.79 Å². The first-order valence-electron chi connectivity index (χ1n) is 8.46. The van der Waals surface area contributed by atoms with E-state index in [4.69, 9.17) is 5.73 Å². The van der Waals surface area contributed by atoms with Crippen molar-refractivity contribution in [2.75, 3.05) is 19.6 Å². The van der Waals surface area contributed by atoms with Crippen LogP contribution in [0.2, 0.25) is 0 Å². The molecule has 4 heteroatoms. The van der Waals surface area contributed by atoms with Gasteiger partial charge in [0.15, 0.2) is 0 Å². The molecule has 1 saturated heterocycles. The topological polar surface area (TPSA) is 58.4 Å². The molecule has 1 aromatic rings. The Hall–Kier alpha value is -1.39. The Morgan fingerprint density at radius 2 is 1.95 bits per heavy atom. The van der Waals surface area contributed by atoms with Gasteiger partial charge in [-0.05, 0) is 37.9 Å². The minimum absolute atomic E-state index is 0.191. The SMILES string of the molecule is CCCN(C(=O)C(C)C(N)c1ccccc1)C1CCNCC1. The van der Waals surface area contributed by atoms with E-state index in [1.165, 1.54) is 0 Å². The van der Waals surface area contributed by atoms with Crippen LogP contribution in [0.25, 0.3) is 0 Å². The molecule has 0 saturated carbocycles. The van der Waals surface area contributed by atoms with Gasteiger partial charge in [0, 0.05) is 18.6 Å². The van der Waals surface area contributed by atoms with Crippen molar-refractivity contribution >= 4 is 5.91 Å². The number of nitrogens with two attached hydrogens (primary N) is 1. The molecule has 1 fully saturated rings. The Labute approximate surface area is 134 Å². The third kappa shape index (κ3) is 4.08. The fraction of sp³-hybridized carbons (Fsp3) is 0.611. The quantitative estimate of drug-likeness (QED) is 0.848. The second-order valence-electron chi connectivity index (χ2n) is 6.24. The number of nitrogens with zero attached hydrogens (tertiary/aromatic N) is 1. The largest absolute Gasteiger partial charge is 0.339 e. The number of benzene rings is 1. The summed E-state index contributed by atoms with van der Waals surface area (Å²) in [7, 11) is 0. The van der Waals surface area contributed by atoms with Crippen LogP contribution in [-0.2, 0) is 4.79 Å². The highest BCUT2D eigenvalue weighted by Gasteiger charge is 2.31. The van der Waals surface area contributed by atoms with Gasteiger partial charge in [0.1, 0.15) is 0 Å². The Kier molecular flexibility index (Phi) is 6.40. The average Bonchev–Trinajstić information content (AvgIpc) is 2.59. The molecule has 0 spiro atoms. The third-order valence-corrected chi connectivity index (χ3v) is 4.61. The van der Waals surface area contributed by atoms with Crippen LogP contribution in [0.1, 0.15) is 44.7 Å². The lowest BCUT2D eigenvalue weighted by Crippen LogP contribution is -2.49. The molecular formula is C18H29N3O. The van der Waals surface area contributed by atoms with Gasteiger partial charge in [-0.2, -0.15) is 0 Å². The molecule has 2 unspecified atom stereocenters. The maximum absolute atomic E-state index is 13.0. The summed E-state index contributed by atoms with van der Waals surface area (Å²) >= 11 is 0. The van der Waals surface area contributed by atoms with Crippen molar-refractivity contribution in [2.45, 2.75) is 45.2 Å². The monoisotopic (exact) mass is 303 g/mol. The molecule has 3 N–H and O–H groups in total. The van der Waals surface area contributed by atoms with E-state index in [0.29, 0.717) is 6.04 Å². The van der Waals surface area contributed by atoms with E-state index in [-0.39, 0.29) is 17.9 Å². The normalized spacial score (nSPS) is 18.7. The highest BCUT2D eigenvalue weighted by molar-refractivity contribution is 5.79. The molecule has 0 radical (unpaired) electrons. The first kappa shape index (κ1) is 17.0. The lowest BCUT2D eigenvalue weighted by Gasteiger charge is -2.37. The summed E-state index contributed by atoms with van der Waals surface area (Å²) in [5, 5.41) is 3.37. The Morgan fingerprint density at radius 3 is 2.55 bits per heavy atom. The smallest absolute Gasteiger partial charge is 0.227 e. The van der Waals surface area contributed by atoms with Crippen LogP contribution in [0.3, 0.4) is 0 Å². The number of hydrogen-bond acceptors (Lipinski definition) is 3. The number of amides is 1. The first-order valence-corrected chi connectivity index (χ1v) is 8.46. The van der Waals surface area contributed by atoms with Gasteiger partial charge in [-0.3, -0.25) is 4.79 Å². The van der Waals surface area contributed by atoms with E-state index in [0.717, 1.165) is 44.5 Å². The van der Waals surface area contributed by atoms with Gasteiger partial charge < -0.3 is 16.0 Å². The zero-order valence-corrected chi connectivity index (χ0v) is 13.8. The van der Waals surface area contributed by atoms with Gasteiger partial charge >= 0.3 is 0 Å². The molecule has 4 nitrogen and oxygen atoms in total. The second kappa shape index (κ2) is 8.30. The average molecular weight is 303 g/mol. The van der Waals surface area contributed by atoms with E-state index < -0.39 is 0 Å². The van der Waals surface area contributed by atoms with E-state index in [1.807, 2.05) is 37.3 Å². The molecule has 122 valence electrons. The molecule has 0 aromatic heterocycles. The molecule has 1 aliphatic rings. The van der Waals surface area contributed by atoms with Crippen LogP contribution in [-0.4, -0.2) is 36.5 Å². The van der Waals surface area contributed by atoms with Crippen LogP contribution in [0.15, 0.2) is 30.3 Å². The molecule has 1 heterocycles. The molecule has 1 amide bonds. The van der Waals surface area contributed by atoms with Gasteiger partial charge in [-0.15, -0.1) is 0 Å². The molecule has 2 atom stereocenters. The second-order valence-corrected chi connectivity index (χ2v) is 6.24. The van der Waals surface area contributed by atoms with E-state index in [2.05, 4.69) is 17.1 Å². The van der Waals surface area contributed by atoms with Crippen molar-refractivity contribution in [1.29, 1.82) is 0 Å². The van der Waals surface area contributed by atoms with Gasteiger partial charge in [-0.25, -0.2) is 0 Å². The highest BCUT2D eigenvalue weighted by atomic mass is 16.2. The van der Waals surface area contributed by atoms with Crippen molar-refractivity contribution in [3.63, 3.8) is 0 Å².